The van der Waals surface area contributed by atoms with Crippen molar-refractivity contribution in [3.05, 3.63) is 0 Å². The van der Waals surface area contributed by atoms with Gasteiger partial charge in [-0.2, -0.15) is 0 Å². The molecule has 2 N–H and O–H groups in total. The number of ether oxygens (including phenoxy) is 1. The molecule has 1 aliphatic carbocycles. The number of rotatable bonds is 5. The fourth-order valence-corrected chi connectivity index (χ4v) is 2.61. The highest BCUT2D eigenvalue weighted by molar-refractivity contribution is 5.70. The van der Waals surface area contributed by atoms with E-state index in [1.807, 2.05) is 27.7 Å². The molecule has 1 unspecified atom stereocenters. The summed E-state index contributed by atoms with van der Waals surface area (Å²) < 4.78 is 5.32. The van der Waals surface area contributed by atoms with Gasteiger partial charge in [0.1, 0.15) is 5.60 Å². The molecule has 112 valence electrons. The molecule has 0 aromatic carbocycles. The van der Waals surface area contributed by atoms with Gasteiger partial charge in [0, 0.05) is 18.7 Å². The maximum Gasteiger partial charge on any atom is 0.307 e. The molecule has 1 aliphatic rings. The predicted molar refractivity (Wildman–Crippen MR) is 75.9 cm³/mol. The maximum atomic E-state index is 11.7. The summed E-state index contributed by atoms with van der Waals surface area (Å²) in [6.45, 7) is 8.00. The van der Waals surface area contributed by atoms with Gasteiger partial charge in [0.25, 0.3) is 0 Å². The standard InChI is InChI=1S/C15H29NO3/c1-11(9-14(18)19-15(2,3)4)16-13-7-5-12(10-17)6-8-13/h11-13,16-17H,5-10H2,1-4H3. The molecule has 19 heavy (non-hydrogen) atoms. The van der Waals surface area contributed by atoms with Gasteiger partial charge in [-0.1, -0.05) is 0 Å². The second-order valence-electron chi connectivity index (χ2n) is 6.76. The lowest BCUT2D eigenvalue weighted by molar-refractivity contribution is -0.155. The number of hydrogen-bond acceptors (Lipinski definition) is 4. The largest absolute Gasteiger partial charge is 0.460 e. The molecule has 0 heterocycles. The topological polar surface area (TPSA) is 58.6 Å². The van der Waals surface area contributed by atoms with E-state index in [1.165, 1.54) is 0 Å². The van der Waals surface area contributed by atoms with Crippen LogP contribution in [0.3, 0.4) is 0 Å². The zero-order valence-corrected chi connectivity index (χ0v) is 12.7. The molecule has 0 spiro atoms. The van der Waals surface area contributed by atoms with Crippen molar-refractivity contribution in [1.29, 1.82) is 0 Å². The molecule has 1 saturated carbocycles. The summed E-state index contributed by atoms with van der Waals surface area (Å²) in [4.78, 5) is 11.7. The molecule has 1 fully saturated rings. The Kier molecular flexibility index (Phi) is 6.27. The predicted octanol–water partition coefficient (Wildman–Crippen LogP) is 2.25. The molecule has 0 aliphatic heterocycles. The minimum Gasteiger partial charge on any atom is -0.460 e. The summed E-state index contributed by atoms with van der Waals surface area (Å²) in [6.07, 6.45) is 4.74. The van der Waals surface area contributed by atoms with Crippen LogP contribution < -0.4 is 5.32 Å². The average molecular weight is 271 g/mol. The quantitative estimate of drug-likeness (QED) is 0.753. The number of nitrogens with one attached hydrogen (secondary N) is 1. The first-order valence-electron chi connectivity index (χ1n) is 7.39. The van der Waals surface area contributed by atoms with E-state index in [0.29, 0.717) is 25.0 Å². The van der Waals surface area contributed by atoms with Crippen LogP contribution in [0.4, 0.5) is 0 Å². The fourth-order valence-electron chi connectivity index (χ4n) is 2.61. The summed E-state index contributed by atoms with van der Waals surface area (Å²) in [6, 6.07) is 0.616. The number of hydrogen-bond donors (Lipinski definition) is 2. The van der Waals surface area contributed by atoms with Gasteiger partial charge in [0.15, 0.2) is 0 Å². The number of carbonyl (C=O) groups is 1. The van der Waals surface area contributed by atoms with Gasteiger partial charge in [0.05, 0.1) is 6.42 Å². The van der Waals surface area contributed by atoms with Crippen molar-refractivity contribution in [2.45, 2.75) is 77.5 Å². The normalized spacial score (nSPS) is 25.9. The molecule has 0 bridgehead atoms. The van der Waals surface area contributed by atoms with Gasteiger partial charge in [-0.05, 0) is 59.3 Å². The van der Waals surface area contributed by atoms with E-state index in [2.05, 4.69) is 5.32 Å². The van der Waals surface area contributed by atoms with Crippen molar-refractivity contribution in [3.63, 3.8) is 0 Å². The Morgan fingerprint density at radius 1 is 1.32 bits per heavy atom. The van der Waals surface area contributed by atoms with E-state index in [9.17, 15) is 4.79 Å². The van der Waals surface area contributed by atoms with Crippen molar-refractivity contribution in [1.82, 2.24) is 5.32 Å². The minimum atomic E-state index is -0.407. The van der Waals surface area contributed by atoms with E-state index in [0.717, 1.165) is 25.7 Å². The van der Waals surface area contributed by atoms with Crippen molar-refractivity contribution in [2.75, 3.05) is 6.61 Å². The first-order chi connectivity index (χ1) is 8.80. The zero-order valence-electron chi connectivity index (χ0n) is 12.7. The monoisotopic (exact) mass is 271 g/mol. The molecular formula is C15H29NO3. The van der Waals surface area contributed by atoms with Crippen LogP contribution in [0.15, 0.2) is 0 Å². The number of carbonyl (C=O) groups excluding carboxylic acids is 1. The van der Waals surface area contributed by atoms with Crippen LogP contribution in [0, 0.1) is 5.92 Å². The molecular weight excluding hydrogens is 242 g/mol. The Morgan fingerprint density at radius 2 is 1.89 bits per heavy atom. The van der Waals surface area contributed by atoms with E-state index < -0.39 is 5.60 Å². The van der Waals surface area contributed by atoms with Crippen LogP contribution in [0.25, 0.3) is 0 Å². The Bertz CT molecular complexity index is 278. The Balaban J connectivity index is 2.24. The van der Waals surface area contributed by atoms with Crippen LogP contribution in [-0.2, 0) is 9.53 Å². The Hall–Kier alpha value is -0.610. The smallest absolute Gasteiger partial charge is 0.307 e. The minimum absolute atomic E-state index is 0.142. The van der Waals surface area contributed by atoms with Crippen LogP contribution >= 0.6 is 0 Å². The van der Waals surface area contributed by atoms with Gasteiger partial charge in [-0.3, -0.25) is 4.79 Å². The van der Waals surface area contributed by atoms with Gasteiger partial charge < -0.3 is 15.2 Å². The first-order valence-corrected chi connectivity index (χ1v) is 7.39. The lowest BCUT2D eigenvalue weighted by Crippen LogP contribution is -2.41. The van der Waals surface area contributed by atoms with Gasteiger partial charge in [0.2, 0.25) is 0 Å². The first kappa shape index (κ1) is 16.4. The highest BCUT2D eigenvalue weighted by atomic mass is 16.6. The second kappa shape index (κ2) is 7.25. The summed E-state index contributed by atoms with van der Waals surface area (Å²) in [5.41, 5.74) is -0.407. The Labute approximate surface area is 116 Å². The number of esters is 1. The molecule has 0 aromatic rings. The number of aliphatic hydroxyl groups is 1. The van der Waals surface area contributed by atoms with E-state index in [1.54, 1.807) is 0 Å². The van der Waals surface area contributed by atoms with Crippen LogP contribution in [0.5, 0.6) is 0 Å². The lowest BCUT2D eigenvalue weighted by atomic mass is 9.86. The fraction of sp³-hybridized carbons (Fsp3) is 0.933. The van der Waals surface area contributed by atoms with Crippen LogP contribution in [0.1, 0.15) is 59.8 Å². The van der Waals surface area contributed by atoms with Gasteiger partial charge in [-0.25, -0.2) is 0 Å². The van der Waals surface area contributed by atoms with Crippen molar-refractivity contribution in [2.24, 2.45) is 5.92 Å². The third-order valence-corrected chi connectivity index (χ3v) is 3.52. The summed E-state index contributed by atoms with van der Waals surface area (Å²) in [5.74, 6) is 0.329. The summed E-state index contributed by atoms with van der Waals surface area (Å²) >= 11 is 0. The zero-order chi connectivity index (χ0) is 14.5. The van der Waals surface area contributed by atoms with Crippen molar-refractivity contribution in [3.8, 4) is 0 Å². The van der Waals surface area contributed by atoms with Crippen LogP contribution in [-0.4, -0.2) is 35.4 Å². The molecule has 1 atom stereocenters. The van der Waals surface area contributed by atoms with Crippen molar-refractivity contribution < 1.29 is 14.6 Å². The molecule has 0 saturated heterocycles. The summed E-state index contributed by atoms with van der Waals surface area (Å²) in [7, 11) is 0. The molecule has 0 radical (unpaired) electrons. The molecule has 4 nitrogen and oxygen atoms in total. The molecule has 0 amide bonds. The van der Waals surface area contributed by atoms with E-state index in [4.69, 9.17) is 9.84 Å². The SMILES string of the molecule is CC(CC(=O)OC(C)(C)C)NC1CCC(CO)CC1. The average Bonchev–Trinajstić information content (AvgIpc) is 2.27. The summed E-state index contributed by atoms with van der Waals surface area (Å²) in [5, 5.41) is 12.6. The molecule has 0 aromatic heterocycles. The molecule has 1 rings (SSSR count). The molecule has 4 heteroatoms. The van der Waals surface area contributed by atoms with Gasteiger partial charge in [-0.15, -0.1) is 0 Å². The Morgan fingerprint density at radius 3 is 2.37 bits per heavy atom. The maximum absolute atomic E-state index is 11.7. The van der Waals surface area contributed by atoms with Crippen molar-refractivity contribution >= 4 is 5.97 Å². The number of aliphatic hydroxyl groups excluding tert-OH is 1. The van der Waals surface area contributed by atoms with E-state index in [-0.39, 0.29) is 12.0 Å². The highest BCUT2D eigenvalue weighted by Gasteiger charge is 2.23. The van der Waals surface area contributed by atoms with Gasteiger partial charge >= 0.3 is 5.97 Å². The highest BCUT2D eigenvalue weighted by Crippen LogP contribution is 2.24. The second-order valence-corrected chi connectivity index (χ2v) is 6.76. The van der Waals surface area contributed by atoms with Crippen LogP contribution in [0.2, 0.25) is 0 Å². The lowest BCUT2D eigenvalue weighted by Gasteiger charge is -2.30. The third-order valence-electron chi connectivity index (χ3n) is 3.52. The van der Waals surface area contributed by atoms with E-state index >= 15 is 0 Å². The third kappa shape index (κ3) is 6.92.